The van der Waals surface area contributed by atoms with Crippen LogP contribution in [0, 0.1) is 3.57 Å². The summed E-state index contributed by atoms with van der Waals surface area (Å²) in [4.78, 5) is 9.32. The first-order valence-electron chi connectivity index (χ1n) is 4.95. The van der Waals surface area contributed by atoms with E-state index in [1.165, 1.54) is 6.33 Å². The molecule has 0 aliphatic carbocycles. The summed E-state index contributed by atoms with van der Waals surface area (Å²) in [6.45, 7) is 0. The summed E-state index contributed by atoms with van der Waals surface area (Å²) in [5, 5.41) is 2.94. The number of aromatic nitrogens is 2. The largest absolute Gasteiger partial charge is 0.437 e. The maximum Gasteiger partial charge on any atom is 0.231 e. The predicted octanol–water partition coefficient (Wildman–Crippen LogP) is 4.09. The summed E-state index contributed by atoms with van der Waals surface area (Å²) in [5.41, 5.74) is 0. The highest BCUT2D eigenvalue weighted by Gasteiger charge is 2.08. The molecule has 17 heavy (non-hydrogen) atoms. The van der Waals surface area contributed by atoms with E-state index in [4.69, 9.17) is 4.74 Å². The first kappa shape index (κ1) is 10.9. The van der Waals surface area contributed by atoms with Crippen LogP contribution < -0.4 is 4.74 Å². The van der Waals surface area contributed by atoms with Crippen molar-refractivity contribution in [3.05, 3.63) is 45.6 Å². The molecule has 2 heterocycles. The minimum Gasteiger partial charge on any atom is -0.437 e. The van der Waals surface area contributed by atoms with Crippen LogP contribution in [-0.2, 0) is 0 Å². The standard InChI is InChI=1S/C12H7IN2OS/c13-9-3-1-2-4-10(9)16-11-8-5-6-17-12(8)15-7-14-11/h1-7H. The number of thiophene rings is 1. The van der Waals surface area contributed by atoms with Crippen molar-refractivity contribution in [3.63, 3.8) is 0 Å². The van der Waals surface area contributed by atoms with Gasteiger partial charge in [-0.05, 0) is 46.2 Å². The van der Waals surface area contributed by atoms with E-state index < -0.39 is 0 Å². The molecule has 0 atom stereocenters. The van der Waals surface area contributed by atoms with E-state index in [1.807, 2.05) is 35.7 Å². The smallest absolute Gasteiger partial charge is 0.231 e. The third kappa shape index (κ3) is 2.12. The van der Waals surface area contributed by atoms with Gasteiger partial charge < -0.3 is 4.74 Å². The lowest BCUT2D eigenvalue weighted by molar-refractivity contribution is 0.465. The normalized spacial score (nSPS) is 10.6. The van der Waals surface area contributed by atoms with Crippen LogP contribution in [0.4, 0.5) is 0 Å². The van der Waals surface area contributed by atoms with Crippen molar-refractivity contribution in [2.75, 3.05) is 0 Å². The molecule has 0 radical (unpaired) electrons. The van der Waals surface area contributed by atoms with Gasteiger partial charge in [-0.1, -0.05) is 12.1 Å². The fourth-order valence-electron chi connectivity index (χ4n) is 1.48. The Hall–Kier alpha value is -1.21. The molecular formula is C12H7IN2OS. The van der Waals surface area contributed by atoms with Gasteiger partial charge in [0.2, 0.25) is 5.88 Å². The maximum atomic E-state index is 5.83. The first-order valence-corrected chi connectivity index (χ1v) is 6.91. The molecule has 0 amide bonds. The van der Waals surface area contributed by atoms with Gasteiger partial charge in [0.25, 0.3) is 0 Å². The van der Waals surface area contributed by atoms with Crippen LogP contribution in [0.5, 0.6) is 11.6 Å². The topological polar surface area (TPSA) is 35.0 Å². The molecule has 0 unspecified atom stereocenters. The molecule has 3 aromatic rings. The van der Waals surface area contributed by atoms with Gasteiger partial charge in [-0.15, -0.1) is 11.3 Å². The van der Waals surface area contributed by atoms with Gasteiger partial charge in [0.1, 0.15) is 16.9 Å². The van der Waals surface area contributed by atoms with Crippen molar-refractivity contribution in [1.82, 2.24) is 9.97 Å². The van der Waals surface area contributed by atoms with Crippen molar-refractivity contribution >= 4 is 44.1 Å². The summed E-state index contributed by atoms with van der Waals surface area (Å²) in [6, 6.07) is 9.84. The molecule has 0 fully saturated rings. The molecule has 3 rings (SSSR count). The average molecular weight is 354 g/mol. The van der Waals surface area contributed by atoms with Gasteiger partial charge in [-0.3, -0.25) is 0 Å². The third-order valence-corrected chi connectivity index (χ3v) is 3.98. The highest BCUT2D eigenvalue weighted by atomic mass is 127. The number of para-hydroxylation sites is 1. The second-order valence-electron chi connectivity index (χ2n) is 3.35. The summed E-state index contributed by atoms with van der Waals surface area (Å²) in [6.07, 6.45) is 1.53. The fraction of sp³-hybridized carbons (Fsp3) is 0. The zero-order valence-electron chi connectivity index (χ0n) is 8.63. The number of rotatable bonds is 2. The molecule has 0 saturated carbocycles. The number of halogens is 1. The fourth-order valence-corrected chi connectivity index (χ4v) is 2.70. The summed E-state index contributed by atoms with van der Waals surface area (Å²) < 4.78 is 6.89. The molecule has 0 aliphatic rings. The SMILES string of the molecule is Ic1ccccc1Oc1ncnc2sccc12. The van der Waals surface area contributed by atoms with Gasteiger partial charge in [0.15, 0.2) is 0 Å². The minimum atomic E-state index is 0.611. The zero-order valence-corrected chi connectivity index (χ0v) is 11.6. The molecule has 2 aromatic heterocycles. The Morgan fingerprint density at radius 1 is 1.12 bits per heavy atom. The Bertz CT molecular complexity index is 668. The van der Waals surface area contributed by atoms with Crippen molar-refractivity contribution < 1.29 is 4.74 Å². The highest BCUT2D eigenvalue weighted by Crippen LogP contribution is 2.31. The second kappa shape index (κ2) is 4.58. The van der Waals surface area contributed by atoms with Crippen LogP contribution in [-0.4, -0.2) is 9.97 Å². The number of ether oxygens (including phenoxy) is 1. The van der Waals surface area contributed by atoms with Crippen molar-refractivity contribution in [2.24, 2.45) is 0 Å². The van der Waals surface area contributed by atoms with E-state index in [0.717, 1.165) is 19.5 Å². The Morgan fingerprint density at radius 2 is 2.00 bits per heavy atom. The molecular weight excluding hydrogens is 347 g/mol. The third-order valence-electron chi connectivity index (χ3n) is 2.27. The number of benzene rings is 1. The molecule has 0 aliphatic heterocycles. The summed E-state index contributed by atoms with van der Waals surface area (Å²) in [7, 11) is 0. The molecule has 0 saturated heterocycles. The lowest BCUT2D eigenvalue weighted by Crippen LogP contribution is -1.91. The van der Waals surface area contributed by atoms with E-state index in [1.54, 1.807) is 11.3 Å². The van der Waals surface area contributed by atoms with Crippen molar-refractivity contribution in [2.45, 2.75) is 0 Å². The number of hydrogen-bond acceptors (Lipinski definition) is 4. The summed E-state index contributed by atoms with van der Waals surface area (Å²) >= 11 is 3.83. The molecule has 0 spiro atoms. The lowest BCUT2D eigenvalue weighted by Gasteiger charge is -2.06. The van der Waals surface area contributed by atoms with Gasteiger partial charge in [-0.2, -0.15) is 0 Å². The van der Waals surface area contributed by atoms with Crippen LogP contribution >= 0.6 is 33.9 Å². The Labute approximate surface area is 116 Å². The van der Waals surface area contributed by atoms with Crippen LogP contribution in [0.25, 0.3) is 10.2 Å². The molecule has 1 aromatic carbocycles. The summed E-state index contributed by atoms with van der Waals surface area (Å²) in [5.74, 6) is 1.43. The maximum absolute atomic E-state index is 5.83. The number of hydrogen-bond donors (Lipinski definition) is 0. The molecule has 5 heteroatoms. The van der Waals surface area contributed by atoms with Crippen molar-refractivity contribution in [3.8, 4) is 11.6 Å². The Balaban J connectivity index is 2.06. The van der Waals surface area contributed by atoms with Gasteiger partial charge in [-0.25, -0.2) is 9.97 Å². The number of nitrogens with zero attached hydrogens (tertiary/aromatic N) is 2. The number of fused-ring (bicyclic) bond motifs is 1. The van der Waals surface area contributed by atoms with Crippen LogP contribution in [0.15, 0.2) is 42.0 Å². The monoisotopic (exact) mass is 354 g/mol. The van der Waals surface area contributed by atoms with Gasteiger partial charge >= 0.3 is 0 Å². The van der Waals surface area contributed by atoms with E-state index in [0.29, 0.717) is 5.88 Å². The van der Waals surface area contributed by atoms with Crippen LogP contribution in [0.3, 0.4) is 0 Å². The van der Waals surface area contributed by atoms with Gasteiger partial charge in [0, 0.05) is 0 Å². The van der Waals surface area contributed by atoms with E-state index in [-0.39, 0.29) is 0 Å². The van der Waals surface area contributed by atoms with Crippen LogP contribution in [0.1, 0.15) is 0 Å². The van der Waals surface area contributed by atoms with E-state index in [2.05, 4.69) is 32.6 Å². The van der Waals surface area contributed by atoms with Crippen LogP contribution in [0.2, 0.25) is 0 Å². The van der Waals surface area contributed by atoms with E-state index in [9.17, 15) is 0 Å². The first-order chi connectivity index (χ1) is 8.34. The molecule has 84 valence electrons. The highest BCUT2D eigenvalue weighted by molar-refractivity contribution is 14.1. The zero-order chi connectivity index (χ0) is 11.7. The Morgan fingerprint density at radius 3 is 2.88 bits per heavy atom. The molecule has 3 nitrogen and oxygen atoms in total. The molecule has 0 N–H and O–H groups in total. The lowest BCUT2D eigenvalue weighted by atomic mass is 10.3. The quantitative estimate of drug-likeness (QED) is 0.651. The van der Waals surface area contributed by atoms with E-state index >= 15 is 0 Å². The van der Waals surface area contributed by atoms with Gasteiger partial charge in [0.05, 0.1) is 8.96 Å². The second-order valence-corrected chi connectivity index (χ2v) is 5.41. The predicted molar refractivity (Wildman–Crippen MR) is 76.6 cm³/mol. The minimum absolute atomic E-state index is 0.611. The van der Waals surface area contributed by atoms with Crippen molar-refractivity contribution in [1.29, 1.82) is 0 Å². The molecule has 0 bridgehead atoms. The average Bonchev–Trinajstić information content (AvgIpc) is 2.81. The Kier molecular flexibility index (Phi) is 2.94.